The van der Waals surface area contributed by atoms with E-state index in [0.717, 1.165) is 79.5 Å². The Labute approximate surface area is 424 Å². The second-order valence-electron chi connectivity index (χ2n) is 20.5. The number of fused-ring (bicyclic) bond motifs is 3. The van der Waals surface area contributed by atoms with E-state index in [2.05, 4.69) is 48.5 Å². The number of phenolic OH excluding ortho intramolecular Hbond substituents is 1. The van der Waals surface area contributed by atoms with Crippen molar-refractivity contribution in [1.82, 2.24) is 50.5 Å². The van der Waals surface area contributed by atoms with Crippen molar-refractivity contribution in [3.63, 3.8) is 0 Å². The number of anilines is 1. The quantitative estimate of drug-likeness (QED) is 0.0614. The number of piperidine rings is 2. The molecule has 3 saturated heterocycles. The highest BCUT2D eigenvalue weighted by atomic mass is 16.5. The number of aromatic nitrogens is 5. The lowest BCUT2D eigenvalue weighted by Crippen LogP contribution is -2.61. The van der Waals surface area contributed by atoms with Crippen molar-refractivity contribution in [2.45, 2.75) is 108 Å². The Bertz CT molecular complexity index is 2830. The molecule has 19 heteroatoms. The number of carboxylic acid groups (broad SMARTS) is 1. The van der Waals surface area contributed by atoms with Crippen LogP contribution in [0.5, 0.6) is 5.75 Å². The molecule has 19 nitrogen and oxygen atoms in total. The first-order chi connectivity index (χ1) is 35.2. The third kappa shape index (κ3) is 11.3. The van der Waals surface area contributed by atoms with Crippen molar-refractivity contribution < 1.29 is 39.2 Å². The molecule has 3 fully saturated rings. The summed E-state index contributed by atoms with van der Waals surface area (Å²) in [6.07, 6.45) is 13.0. The highest BCUT2D eigenvalue weighted by Gasteiger charge is 2.46. The highest BCUT2D eigenvalue weighted by Crippen LogP contribution is 2.39. The predicted octanol–water partition coefficient (Wildman–Crippen LogP) is 4.74. The molecule has 4 atom stereocenters. The van der Waals surface area contributed by atoms with Crippen LogP contribution in [0.4, 0.5) is 10.7 Å². The number of carbonyl (C=O) groups excluding carboxylic acids is 3. The number of phenols is 1. The summed E-state index contributed by atoms with van der Waals surface area (Å²) in [4.78, 5) is 74.6. The fourth-order valence-corrected chi connectivity index (χ4v) is 11.1. The second kappa shape index (κ2) is 21.9. The molecule has 0 saturated carbocycles. The summed E-state index contributed by atoms with van der Waals surface area (Å²) in [6, 6.07) is 14.1. The van der Waals surface area contributed by atoms with Crippen molar-refractivity contribution in [3.8, 4) is 29.4 Å². The first-order valence-electron chi connectivity index (χ1n) is 25.3. The van der Waals surface area contributed by atoms with E-state index < -0.39 is 54.0 Å². The number of H-pyrrole nitrogens is 1. The molecule has 6 N–H and O–H groups in total. The van der Waals surface area contributed by atoms with E-state index in [-0.39, 0.29) is 44.3 Å². The highest BCUT2D eigenvalue weighted by molar-refractivity contribution is 5.93. The van der Waals surface area contributed by atoms with Crippen molar-refractivity contribution in [2.75, 3.05) is 57.4 Å². The van der Waals surface area contributed by atoms with Crippen LogP contribution in [0.3, 0.4) is 0 Å². The minimum Gasteiger partial charge on any atom is -0.507 e. The van der Waals surface area contributed by atoms with Crippen LogP contribution in [0.15, 0.2) is 67.0 Å². The number of aliphatic carboxylic acids is 1. The largest absolute Gasteiger partial charge is 0.507 e. The molecule has 384 valence electrons. The number of terminal acetylenes is 1. The number of nitrogens with zero attached hydrogens (tertiary/aromatic N) is 8. The van der Waals surface area contributed by atoms with Gasteiger partial charge in [0.15, 0.2) is 5.65 Å². The van der Waals surface area contributed by atoms with E-state index in [1.165, 1.54) is 4.90 Å². The number of aliphatic hydroxyl groups excluding tert-OH is 1. The maximum absolute atomic E-state index is 14.6. The summed E-state index contributed by atoms with van der Waals surface area (Å²) in [5.74, 6) is 1.67. The second-order valence-corrected chi connectivity index (χ2v) is 20.5. The van der Waals surface area contributed by atoms with E-state index in [9.17, 15) is 29.4 Å². The minimum absolute atomic E-state index is 0.0217. The molecule has 2 aromatic carbocycles. The molecule has 4 aliphatic heterocycles. The van der Waals surface area contributed by atoms with Crippen LogP contribution in [0.1, 0.15) is 99.2 Å². The lowest BCUT2D eigenvalue weighted by molar-refractivity contribution is -0.144. The monoisotopic (exact) mass is 996 g/mol. The fraction of sp³-hybridized carbons (Fsp3) is 0.481. The maximum Gasteiger partial charge on any atom is 0.329 e. The molecule has 3 aromatic heterocycles. The molecule has 0 aliphatic carbocycles. The third-order valence-electron chi connectivity index (χ3n) is 15.4. The molecule has 0 bridgehead atoms. The third-order valence-corrected chi connectivity index (χ3v) is 15.4. The average Bonchev–Trinajstić information content (AvgIpc) is 3.99. The molecule has 7 heterocycles. The van der Waals surface area contributed by atoms with E-state index in [4.69, 9.17) is 26.2 Å². The number of para-hydroxylation sites is 1. The molecule has 9 rings (SSSR count). The minimum atomic E-state index is -1.12. The number of aromatic amines is 1. The number of urea groups is 1. The van der Waals surface area contributed by atoms with Gasteiger partial charge in [-0.3, -0.25) is 9.59 Å². The first-order valence-corrected chi connectivity index (χ1v) is 25.3. The van der Waals surface area contributed by atoms with Crippen LogP contribution < -0.4 is 15.5 Å². The molecule has 73 heavy (non-hydrogen) atoms. The van der Waals surface area contributed by atoms with Crippen LogP contribution in [0.25, 0.3) is 22.3 Å². The number of hydrogen-bond donors (Lipinski definition) is 6. The molecular formula is C54H65N11O8. The number of amides is 4. The molecule has 5 aromatic rings. The molecule has 4 amide bonds. The van der Waals surface area contributed by atoms with Gasteiger partial charge in [-0.25, -0.2) is 19.6 Å². The smallest absolute Gasteiger partial charge is 0.329 e. The summed E-state index contributed by atoms with van der Waals surface area (Å²) in [5, 5.41) is 46.2. The van der Waals surface area contributed by atoms with Gasteiger partial charge in [0, 0.05) is 98.4 Å². The van der Waals surface area contributed by atoms with Crippen molar-refractivity contribution >= 4 is 40.8 Å². The average molecular weight is 996 g/mol. The number of carboxylic acids is 1. The molecule has 0 radical (unpaired) electrons. The molecule has 0 spiro atoms. The van der Waals surface area contributed by atoms with Gasteiger partial charge >= 0.3 is 12.0 Å². The van der Waals surface area contributed by atoms with E-state index in [0.29, 0.717) is 53.5 Å². The Morgan fingerprint density at radius 2 is 1.70 bits per heavy atom. The number of carbonyl (C=O) groups is 4. The van der Waals surface area contributed by atoms with Crippen molar-refractivity contribution in [1.29, 1.82) is 0 Å². The number of hydrogen-bond acceptors (Lipinski definition) is 13. The predicted molar refractivity (Wildman–Crippen MR) is 272 cm³/mol. The van der Waals surface area contributed by atoms with Gasteiger partial charge in [-0.15, -0.1) is 16.6 Å². The Hall–Kier alpha value is -7.14. The van der Waals surface area contributed by atoms with Gasteiger partial charge in [-0.2, -0.15) is 0 Å². The number of nitrogens with one attached hydrogen (secondary N) is 3. The SMILES string of the molecule is C#Cc1ccc(CNC(=O)[C@@H]2C[C@@H](O)CN2C(=O)[C@@H](NC(=O)N2CCC(N3CCC(c4cnc(N5CCc6[nH]c7nnc(-c8ccccc8O)cc7c6[C@H]5C)nc4)CC3)CC2)C(C)(C)CCOCC(=O)O)cc1. The fourth-order valence-electron chi connectivity index (χ4n) is 11.1. The van der Waals surface area contributed by atoms with Crippen LogP contribution in [-0.2, 0) is 32.1 Å². The molecule has 0 unspecified atom stereocenters. The summed E-state index contributed by atoms with van der Waals surface area (Å²) < 4.78 is 5.35. The Morgan fingerprint density at radius 1 is 0.973 bits per heavy atom. The standard InChI is InChI=1S/C54H65N11O8/c1-5-34-10-12-35(13-11-34)28-55-50(70)44-26-39(66)31-65(44)51(71)48(54(3,4)19-25-73-32-46(68)69)59-53(72)63-22-16-38(17-23-63)62-20-14-36(15-21-62)37-29-56-52(57-30-37)64-24-18-42-47(33(64)2)41-27-43(60-61-49(41)58-42)40-8-6-7-9-45(40)67/h1,6-13,27,29-30,33,36,38-39,44,48,66-67H,14-26,28,31-32H2,2-4H3,(H,55,70)(H,58,61)(H,59,72)(H,68,69)/t33-,39-,44+,48-/m1/s1. The number of benzene rings is 2. The van der Waals surface area contributed by atoms with Gasteiger partial charge in [0.25, 0.3) is 0 Å². The summed E-state index contributed by atoms with van der Waals surface area (Å²) in [7, 11) is 0. The summed E-state index contributed by atoms with van der Waals surface area (Å²) in [6.45, 7) is 8.94. The number of ether oxygens (including phenoxy) is 1. The van der Waals surface area contributed by atoms with Gasteiger partial charge in [0.2, 0.25) is 17.8 Å². The Kier molecular flexibility index (Phi) is 15.2. The zero-order chi connectivity index (χ0) is 51.4. The van der Waals surface area contributed by atoms with Crippen LogP contribution >= 0.6 is 0 Å². The number of aliphatic hydroxyl groups is 1. The van der Waals surface area contributed by atoms with Crippen LogP contribution in [0.2, 0.25) is 0 Å². The van der Waals surface area contributed by atoms with Gasteiger partial charge in [-0.1, -0.05) is 44.0 Å². The Balaban J connectivity index is 0.787. The van der Waals surface area contributed by atoms with E-state index in [1.807, 2.05) is 42.7 Å². The molecular weight excluding hydrogens is 931 g/mol. The normalized spacial score (nSPS) is 20.4. The van der Waals surface area contributed by atoms with Gasteiger partial charge < -0.3 is 55.3 Å². The maximum atomic E-state index is 14.6. The number of aromatic hydroxyl groups is 1. The first kappa shape index (κ1) is 50.8. The number of likely N-dealkylation sites (tertiary alicyclic amines) is 3. The number of β-amino-alcohol motifs (C(OH)–C–C–N with tert-alkyl or cyclic N) is 1. The van der Waals surface area contributed by atoms with Crippen molar-refractivity contribution in [3.05, 3.63) is 94.9 Å². The zero-order valence-electron chi connectivity index (χ0n) is 41.7. The lowest BCUT2D eigenvalue weighted by Gasteiger charge is -2.43. The van der Waals surface area contributed by atoms with E-state index in [1.54, 1.807) is 43.0 Å². The Morgan fingerprint density at radius 3 is 2.40 bits per heavy atom. The topological polar surface area (TPSA) is 243 Å². The lowest BCUT2D eigenvalue weighted by atomic mass is 9.80. The van der Waals surface area contributed by atoms with Crippen LogP contribution in [-0.4, -0.2) is 156 Å². The zero-order valence-corrected chi connectivity index (χ0v) is 41.7. The summed E-state index contributed by atoms with van der Waals surface area (Å²) >= 11 is 0. The van der Waals surface area contributed by atoms with Crippen molar-refractivity contribution in [2.24, 2.45) is 5.41 Å². The van der Waals surface area contributed by atoms with Crippen LogP contribution in [0, 0.1) is 17.8 Å². The van der Waals surface area contributed by atoms with Gasteiger partial charge in [0.05, 0.1) is 17.8 Å². The molecule has 4 aliphatic rings. The summed E-state index contributed by atoms with van der Waals surface area (Å²) in [5.41, 5.74) is 5.93. The van der Waals surface area contributed by atoms with Gasteiger partial charge in [0.1, 0.15) is 24.4 Å². The van der Waals surface area contributed by atoms with E-state index >= 15 is 0 Å². The number of rotatable bonds is 15. The van der Waals surface area contributed by atoms with Gasteiger partial charge in [-0.05, 0) is 105 Å².